The van der Waals surface area contributed by atoms with E-state index in [-0.39, 0.29) is 0 Å². The SMILES string of the molecule is CC(C)c1cc2c(CNCCc3cccs3)nc(N3CCN(C)CC3)nc2cn1. The lowest BCUT2D eigenvalue weighted by atomic mass is 10.1. The molecule has 3 aromatic heterocycles. The molecule has 1 aliphatic heterocycles. The molecule has 3 aromatic rings. The van der Waals surface area contributed by atoms with E-state index in [1.807, 2.05) is 17.5 Å². The van der Waals surface area contributed by atoms with E-state index in [0.29, 0.717) is 5.92 Å². The van der Waals surface area contributed by atoms with Gasteiger partial charge in [0, 0.05) is 55.2 Å². The van der Waals surface area contributed by atoms with Crippen LogP contribution in [0, 0.1) is 0 Å². The molecular weight excluding hydrogens is 380 g/mol. The van der Waals surface area contributed by atoms with E-state index in [4.69, 9.17) is 9.97 Å². The summed E-state index contributed by atoms with van der Waals surface area (Å²) in [5.41, 5.74) is 3.10. The van der Waals surface area contributed by atoms with E-state index in [0.717, 1.165) is 73.9 Å². The van der Waals surface area contributed by atoms with Crippen LogP contribution in [0.2, 0.25) is 0 Å². The second kappa shape index (κ2) is 9.15. The molecule has 7 heteroatoms. The normalized spacial score (nSPS) is 15.5. The highest BCUT2D eigenvalue weighted by atomic mass is 32.1. The molecular formula is C22H30N6S. The van der Waals surface area contributed by atoms with Crippen LogP contribution in [0.15, 0.2) is 29.8 Å². The molecule has 6 nitrogen and oxygen atoms in total. The van der Waals surface area contributed by atoms with Crippen LogP contribution in [-0.2, 0) is 13.0 Å². The molecule has 0 atom stereocenters. The van der Waals surface area contributed by atoms with Crippen molar-refractivity contribution >= 4 is 28.2 Å². The molecule has 0 aliphatic carbocycles. The summed E-state index contributed by atoms with van der Waals surface area (Å²) in [6, 6.07) is 6.48. The monoisotopic (exact) mass is 410 g/mol. The van der Waals surface area contributed by atoms with E-state index >= 15 is 0 Å². The molecule has 4 rings (SSSR count). The van der Waals surface area contributed by atoms with Gasteiger partial charge in [-0.1, -0.05) is 19.9 Å². The van der Waals surface area contributed by atoms with Crippen LogP contribution in [0.25, 0.3) is 10.9 Å². The third-order valence-electron chi connectivity index (χ3n) is 5.47. The maximum absolute atomic E-state index is 4.99. The van der Waals surface area contributed by atoms with Gasteiger partial charge in [0.1, 0.15) is 0 Å². The van der Waals surface area contributed by atoms with Gasteiger partial charge >= 0.3 is 0 Å². The van der Waals surface area contributed by atoms with Gasteiger partial charge in [0.2, 0.25) is 5.95 Å². The van der Waals surface area contributed by atoms with Crippen molar-refractivity contribution in [2.75, 3.05) is 44.7 Å². The van der Waals surface area contributed by atoms with Crippen molar-refractivity contribution in [2.24, 2.45) is 0 Å². The molecule has 154 valence electrons. The molecule has 0 bridgehead atoms. The molecule has 1 N–H and O–H groups in total. The Hall–Kier alpha value is -2.09. The van der Waals surface area contributed by atoms with E-state index in [1.165, 1.54) is 4.88 Å². The first-order chi connectivity index (χ1) is 14.1. The number of fused-ring (bicyclic) bond motifs is 1. The number of aromatic nitrogens is 3. The molecule has 0 amide bonds. The van der Waals surface area contributed by atoms with E-state index in [1.54, 1.807) is 0 Å². The molecule has 0 spiro atoms. The lowest BCUT2D eigenvalue weighted by molar-refractivity contribution is 0.311. The summed E-state index contributed by atoms with van der Waals surface area (Å²) in [4.78, 5) is 20.6. The molecule has 0 unspecified atom stereocenters. The largest absolute Gasteiger partial charge is 0.338 e. The second-order valence-corrected chi connectivity index (χ2v) is 9.08. The second-order valence-electron chi connectivity index (χ2n) is 8.05. The van der Waals surface area contributed by atoms with Crippen LogP contribution >= 0.6 is 11.3 Å². The summed E-state index contributed by atoms with van der Waals surface area (Å²) < 4.78 is 0. The average Bonchev–Trinajstić information content (AvgIpc) is 3.24. The molecule has 1 fully saturated rings. The first-order valence-corrected chi connectivity index (χ1v) is 11.3. The third-order valence-corrected chi connectivity index (χ3v) is 6.40. The minimum Gasteiger partial charge on any atom is -0.338 e. The van der Waals surface area contributed by atoms with Crippen LogP contribution in [0.4, 0.5) is 5.95 Å². The van der Waals surface area contributed by atoms with Crippen molar-refractivity contribution < 1.29 is 0 Å². The summed E-state index contributed by atoms with van der Waals surface area (Å²) >= 11 is 1.81. The summed E-state index contributed by atoms with van der Waals surface area (Å²) in [5.74, 6) is 1.22. The number of pyridine rings is 1. The van der Waals surface area contributed by atoms with Crippen LogP contribution in [0.3, 0.4) is 0 Å². The number of hydrogen-bond donors (Lipinski definition) is 1. The number of nitrogens with one attached hydrogen (secondary N) is 1. The Bertz CT molecular complexity index is 932. The average molecular weight is 411 g/mol. The van der Waals surface area contributed by atoms with Crippen molar-refractivity contribution in [1.82, 2.24) is 25.2 Å². The number of nitrogens with zero attached hydrogens (tertiary/aromatic N) is 5. The number of anilines is 1. The molecule has 4 heterocycles. The van der Waals surface area contributed by atoms with Gasteiger partial charge in [-0.2, -0.15) is 0 Å². The first-order valence-electron chi connectivity index (χ1n) is 10.4. The minimum absolute atomic E-state index is 0.386. The van der Waals surface area contributed by atoms with Gasteiger partial charge in [-0.15, -0.1) is 11.3 Å². The molecule has 0 radical (unpaired) electrons. The summed E-state index contributed by atoms with van der Waals surface area (Å²) in [5, 5.41) is 6.84. The van der Waals surface area contributed by atoms with Crippen LogP contribution < -0.4 is 10.2 Å². The van der Waals surface area contributed by atoms with Crippen LogP contribution in [0.1, 0.15) is 36.0 Å². The predicted molar refractivity (Wildman–Crippen MR) is 121 cm³/mol. The quantitative estimate of drug-likeness (QED) is 0.603. The van der Waals surface area contributed by atoms with Crippen molar-refractivity contribution in [2.45, 2.75) is 32.7 Å². The molecule has 0 aromatic carbocycles. The van der Waals surface area contributed by atoms with Crippen molar-refractivity contribution in [3.8, 4) is 0 Å². The molecule has 1 saturated heterocycles. The lowest BCUT2D eigenvalue weighted by Gasteiger charge is -2.32. The van der Waals surface area contributed by atoms with Gasteiger partial charge in [-0.3, -0.25) is 4.98 Å². The standard InChI is InChI=1S/C22H30N6S/c1-16(2)19-13-18-20(14-23-7-6-17-5-4-12-29-17)25-22(26-21(18)15-24-19)28-10-8-27(3)9-11-28/h4-5,12-13,15-16,23H,6-11,14H2,1-3H3. The molecule has 0 saturated carbocycles. The van der Waals surface area contributed by atoms with Gasteiger partial charge in [0.05, 0.1) is 17.4 Å². The maximum atomic E-state index is 4.99. The fraction of sp³-hybridized carbons (Fsp3) is 0.500. The number of thiophene rings is 1. The molecule has 1 aliphatic rings. The van der Waals surface area contributed by atoms with E-state index < -0.39 is 0 Å². The zero-order chi connectivity index (χ0) is 20.2. The Labute approximate surface area is 177 Å². The minimum atomic E-state index is 0.386. The van der Waals surface area contributed by atoms with Crippen molar-refractivity contribution in [3.63, 3.8) is 0 Å². The van der Waals surface area contributed by atoms with Gasteiger partial charge in [0.25, 0.3) is 0 Å². The molecule has 29 heavy (non-hydrogen) atoms. The van der Waals surface area contributed by atoms with Gasteiger partial charge in [0.15, 0.2) is 0 Å². The number of piperazine rings is 1. The third kappa shape index (κ3) is 4.91. The Morgan fingerprint density at radius 3 is 2.72 bits per heavy atom. The summed E-state index contributed by atoms with van der Waals surface area (Å²) in [6.45, 7) is 10.0. The topological polar surface area (TPSA) is 57.2 Å². The fourth-order valence-electron chi connectivity index (χ4n) is 3.57. The number of hydrogen-bond acceptors (Lipinski definition) is 7. The smallest absolute Gasteiger partial charge is 0.226 e. The van der Waals surface area contributed by atoms with E-state index in [9.17, 15) is 0 Å². The Kier molecular flexibility index (Phi) is 6.37. The van der Waals surface area contributed by atoms with Crippen molar-refractivity contribution in [3.05, 3.63) is 46.0 Å². The zero-order valence-electron chi connectivity index (χ0n) is 17.6. The summed E-state index contributed by atoms with van der Waals surface area (Å²) in [7, 11) is 2.17. The predicted octanol–water partition coefficient (Wildman–Crippen LogP) is 3.29. The zero-order valence-corrected chi connectivity index (χ0v) is 18.4. The fourth-order valence-corrected chi connectivity index (χ4v) is 4.28. The Morgan fingerprint density at radius 1 is 1.17 bits per heavy atom. The highest BCUT2D eigenvalue weighted by molar-refractivity contribution is 7.09. The highest BCUT2D eigenvalue weighted by Gasteiger charge is 2.19. The van der Waals surface area contributed by atoms with Gasteiger partial charge in [-0.25, -0.2) is 9.97 Å². The first kappa shape index (κ1) is 20.2. The van der Waals surface area contributed by atoms with Crippen molar-refractivity contribution in [1.29, 1.82) is 0 Å². The number of rotatable bonds is 7. The van der Waals surface area contributed by atoms with Gasteiger partial charge < -0.3 is 15.1 Å². The van der Waals surface area contributed by atoms with E-state index in [2.05, 4.69) is 64.6 Å². The Balaban J connectivity index is 1.57. The summed E-state index contributed by atoms with van der Waals surface area (Å²) in [6.07, 6.45) is 2.96. The van der Waals surface area contributed by atoms with Crippen LogP contribution in [-0.4, -0.2) is 59.6 Å². The van der Waals surface area contributed by atoms with Gasteiger partial charge in [-0.05, 0) is 36.9 Å². The maximum Gasteiger partial charge on any atom is 0.226 e. The number of likely N-dealkylation sites (N-methyl/N-ethyl adjacent to an activating group) is 1. The lowest BCUT2D eigenvalue weighted by Crippen LogP contribution is -2.45. The Morgan fingerprint density at radius 2 is 2.00 bits per heavy atom. The highest BCUT2D eigenvalue weighted by Crippen LogP contribution is 2.23. The van der Waals surface area contributed by atoms with Crippen LogP contribution in [0.5, 0.6) is 0 Å².